The Labute approximate surface area is 109 Å². The fourth-order valence-electron chi connectivity index (χ4n) is 1.73. The molecule has 2 aromatic carbocycles. The quantitative estimate of drug-likeness (QED) is 0.862. The molecule has 2 aromatic rings. The van der Waals surface area contributed by atoms with Crippen molar-refractivity contribution in [2.75, 3.05) is 5.73 Å². The van der Waals surface area contributed by atoms with Crippen molar-refractivity contribution in [2.45, 2.75) is 20.0 Å². The molecule has 0 aromatic heterocycles. The molecule has 0 unspecified atom stereocenters. The lowest BCUT2D eigenvalue weighted by Crippen LogP contribution is -2.36. The van der Waals surface area contributed by atoms with E-state index >= 15 is 0 Å². The first-order valence-electron chi connectivity index (χ1n) is 5.47. The molecule has 0 aliphatic carbocycles. The lowest BCUT2D eigenvalue weighted by Gasteiger charge is -2.16. The molecule has 0 fully saturated rings. The van der Waals surface area contributed by atoms with Gasteiger partial charge in [-0.25, -0.2) is 0 Å². The Hall–Kier alpha value is -1.81. The third-order valence-corrected chi connectivity index (χ3v) is 2.76. The second-order valence-corrected chi connectivity index (χ2v) is 4.69. The van der Waals surface area contributed by atoms with Gasteiger partial charge in [0, 0.05) is 10.6 Å². The minimum Gasteiger partial charge on any atom is -0.490 e. The molecule has 0 radical (unpaired) electrons. The highest BCUT2D eigenvalue weighted by Crippen LogP contribution is 2.34. The Morgan fingerprint density at radius 2 is 1.89 bits per heavy atom. The average molecular weight is 266 g/mol. The van der Waals surface area contributed by atoms with Crippen LogP contribution in [0.4, 0.5) is 5.69 Å². The van der Waals surface area contributed by atoms with Gasteiger partial charge in [-0.3, -0.25) is 9.59 Å². The van der Waals surface area contributed by atoms with Crippen LogP contribution in [0.2, 0.25) is 5.02 Å². The molecule has 0 spiro atoms. The number of nitrogen functional groups attached to an aromatic ring is 1. The van der Waals surface area contributed by atoms with Crippen molar-refractivity contribution in [3.8, 4) is 16.9 Å². The smallest absolute Gasteiger partial charge is 0.249 e. The largest absolute Gasteiger partial charge is 0.490 e. The standard InChI is InChI=1S/C13H12ClNO3/c1-6(2)18-9-5-7(14)3-4-8(9)10-11(15)13(17)12(10)16/h3-6H,15H2,1-2H3. The maximum absolute atomic E-state index is 11.5. The first kappa shape index (κ1) is 12.6. The Balaban J connectivity index is 2.58. The van der Waals surface area contributed by atoms with E-state index in [0.29, 0.717) is 16.3 Å². The van der Waals surface area contributed by atoms with Crippen LogP contribution in [0, 0.1) is 0 Å². The summed E-state index contributed by atoms with van der Waals surface area (Å²) in [5, 5.41) is 0.492. The van der Waals surface area contributed by atoms with Gasteiger partial charge in [0.2, 0.25) is 10.9 Å². The molecule has 2 rings (SSSR count). The van der Waals surface area contributed by atoms with Crippen LogP contribution in [0.15, 0.2) is 27.8 Å². The molecule has 94 valence electrons. The molecular weight excluding hydrogens is 254 g/mol. The van der Waals surface area contributed by atoms with Crippen LogP contribution in [0.5, 0.6) is 5.75 Å². The Morgan fingerprint density at radius 1 is 1.22 bits per heavy atom. The molecule has 0 bridgehead atoms. The highest BCUT2D eigenvalue weighted by atomic mass is 35.5. The van der Waals surface area contributed by atoms with Crippen LogP contribution in [0.3, 0.4) is 0 Å². The third-order valence-electron chi connectivity index (χ3n) is 2.52. The van der Waals surface area contributed by atoms with Crippen molar-refractivity contribution >= 4 is 17.3 Å². The van der Waals surface area contributed by atoms with E-state index in [1.54, 1.807) is 18.2 Å². The van der Waals surface area contributed by atoms with Crippen molar-refractivity contribution in [1.29, 1.82) is 0 Å². The molecular formula is C13H12ClNO3. The molecule has 2 N–H and O–H groups in total. The van der Waals surface area contributed by atoms with E-state index in [2.05, 4.69) is 0 Å². The predicted octanol–water partition coefficient (Wildman–Crippen LogP) is 1.97. The molecule has 0 saturated heterocycles. The zero-order valence-electron chi connectivity index (χ0n) is 9.99. The summed E-state index contributed by atoms with van der Waals surface area (Å²) >= 11 is 5.89. The summed E-state index contributed by atoms with van der Waals surface area (Å²) in [5.41, 5.74) is 5.03. The normalized spacial score (nSPS) is 11.1. The molecule has 0 aliphatic rings. The fraction of sp³-hybridized carbons (Fsp3) is 0.231. The zero-order chi connectivity index (χ0) is 13.4. The SMILES string of the molecule is CC(C)Oc1cc(Cl)ccc1-c1c(N)c(=O)c1=O. The maximum atomic E-state index is 11.5. The second-order valence-electron chi connectivity index (χ2n) is 4.25. The van der Waals surface area contributed by atoms with Crippen LogP contribution < -0.4 is 21.3 Å². The van der Waals surface area contributed by atoms with E-state index in [-0.39, 0.29) is 17.4 Å². The molecule has 4 nitrogen and oxygen atoms in total. The van der Waals surface area contributed by atoms with Gasteiger partial charge in [0.05, 0.1) is 17.4 Å². The van der Waals surface area contributed by atoms with E-state index < -0.39 is 10.9 Å². The van der Waals surface area contributed by atoms with Crippen molar-refractivity contribution in [3.63, 3.8) is 0 Å². The minimum absolute atomic E-state index is 0.0177. The Morgan fingerprint density at radius 3 is 2.44 bits per heavy atom. The van der Waals surface area contributed by atoms with Crippen molar-refractivity contribution in [1.82, 2.24) is 0 Å². The highest BCUT2D eigenvalue weighted by molar-refractivity contribution is 6.30. The lowest BCUT2D eigenvalue weighted by atomic mass is 9.98. The van der Waals surface area contributed by atoms with E-state index in [1.165, 1.54) is 0 Å². The number of hydrogen-bond donors (Lipinski definition) is 1. The summed E-state index contributed by atoms with van der Waals surface area (Å²) in [6, 6.07) is 4.86. The van der Waals surface area contributed by atoms with Gasteiger partial charge in [0.1, 0.15) is 5.75 Å². The van der Waals surface area contributed by atoms with Crippen molar-refractivity contribution in [3.05, 3.63) is 43.7 Å². The summed E-state index contributed by atoms with van der Waals surface area (Å²) in [4.78, 5) is 22.7. The number of benzene rings is 1. The van der Waals surface area contributed by atoms with Gasteiger partial charge in [-0.2, -0.15) is 0 Å². The number of anilines is 1. The summed E-state index contributed by atoms with van der Waals surface area (Å²) in [6.07, 6.45) is -0.0741. The molecule has 0 saturated carbocycles. The maximum Gasteiger partial charge on any atom is 0.249 e. The number of rotatable bonds is 3. The third kappa shape index (κ3) is 1.99. The number of nitrogens with two attached hydrogens (primary N) is 1. The van der Waals surface area contributed by atoms with Crippen LogP contribution in [0.25, 0.3) is 11.1 Å². The van der Waals surface area contributed by atoms with Crippen LogP contribution in [-0.4, -0.2) is 6.10 Å². The molecule has 0 atom stereocenters. The minimum atomic E-state index is -0.643. The molecule has 0 amide bonds. The number of ether oxygens (including phenoxy) is 1. The highest BCUT2D eigenvalue weighted by Gasteiger charge is 2.22. The van der Waals surface area contributed by atoms with Crippen LogP contribution in [0.1, 0.15) is 13.8 Å². The average Bonchev–Trinajstić information content (AvgIpc) is 2.31. The van der Waals surface area contributed by atoms with Gasteiger partial charge in [0.25, 0.3) is 0 Å². The summed E-state index contributed by atoms with van der Waals surface area (Å²) in [6.45, 7) is 3.71. The molecule has 0 aliphatic heterocycles. The van der Waals surface area contributed by atoms with Gasteiger partial charge in [-0.05, 0) is 32.0 Å². The topological polar surface area (TPSA) is 69.4 Å². The van der Waals surface area contributed by atoms with E-state index in [0.717, 1.165) is 0 Å². The van der Waals surface area contributed by atoms with Gasteiger partial charge in [-0.1, -0.05) is 11.6 Å². The van der Waals surface area contributed by atoms with Gasteiger partial charge < -0.3 is 10.5 Å². The molecule has 18 heavy (non-hydrogen) atoms. The number of halogens is 1. The lowest BCUT2D eigenvalue weighted by molar-refractivity contribution is 0.243. The Kier molecular flexibility index (Phi) is 3.13. The fourth-order valence-corrected chi connectivity index (χ4v) is 1.89. The molecule has 5 heteroatoms. The van der Waals surface area contributed by atoms with E-state index in [9.17, 15) is 9.59 Å². The first-order valence-corrected chi connectivity index (χ1v) is 5.85. The van der Waals surface area contributed by atoms with E-state index in [4.69, 9.17) is 22.1 Å². The zero-order valence-corrected chi connectivity index (χ0v) is 10.7. The van der Waals surface area contributed by atoms with Crippen LogP contribution in [-0.2, 0) is 0 Å². The van der Waals surface area contributed by atoms with Crippen molar-refractivity contribution < 1.29 is 4.74 Å². The monoisotopic (exact) mass is 265 g/mol. The van der Waals surface area contributed by atoms with Crippen molar-refractivity contribution in [2.24, 2.45) is 0 Å². The predicted molar refractivity (Wildman–Crippen MR) is 72.0 cm³/mol. The molecule has 0 heterocycles. The number of hydrogen-bond acceptors (Lipinski definition) is 4. The van der Waals surface area contributed by atoms with Gasteiger partial charge >= 0.3 is 0 Å². The Bertz CT molecular complexity index is 669. The van der Waals surface area contributed by atoms with Gasteiger partial charge in [0.15, 0.2) is 0 Å². The summed E-state index contributed by atoms with van der Waals surface area (Å²) < 4.78 is 5.58. The van der Waals surface area contributed by atoms with Gasteiger partial charge in [-0.15, -0.1) is 0 Å². The summed E-state index contributed by atoms with van der Waals surface area (Å²) in [5.74, 6) is 0.455. The van der Waals surface area contributed by atoms with Crippen LogP contribution >= 0.6 is 11.6 Å². The summed E-state index contributed by atoms with van der Waals surface area (Å²) in [7, 11) is 0. The van der Waals surface area contributed by atoms with E-state index in [1.807, 2.05) is 13.8 Å². The first-order chi connectivity index (χ1) is 8.41. The second kappa shape index (κ2) is 4.46.